The maximum absolute atomic E-state index is 14.0. The zero-order valence-corrected chi connectivity index (χ0v) is 25.3. The number of para-hydroxylation sites is 1. The van der Waals surface area contributed by atoms with Gasteiger partial charge in [-0.2, -0.15) is 0 Å². The predicted molar refractivity (Wildman–Crippen MR) is 161 cm³/mol. The monoisotopic (exact) mass is 603 g/mol. The molecular weight excluding hydrogens is 569 g/mol. The van der Waals surface area contributed by atoms with Crippen LogP contribution in [-0.4, -0.2) is 44.3 Å². The SMILES string of the molecule is CCCCNC(=O)[C@@H](C)N(Cc1ccc(Cl)cc1Cl)C(=O)CN(c1ccccc1CC)S(=O)(=O)c1ccccc1. The first-order chi connectivity index (χ1) is 19.1. The minimum absolute atomic E-state index is 0.00809. The van der Waals surface area contributed by atoms with Crippen LogP contribution in [0.1, 0.15) is 44.7 Å². The number of aryl methyl sites for hydroxylation is 1. The average molecular weight is 605 g/mol. The van der Waals surface area contributed by atoms with Crippen molar-refractivity contribution in [2.24, 2.45) is 0 Å². The zero-order chi connectivity index (χ0) is 29.3. The van der Waals surface area contributed by atoms with Gasteiger partial charge in [0, 0.05) is 23.1 Å². The molecule has 0 heterocycles. The zero-order valence-electron chi connectivity index (χ0n) is 22.9. The number of sulfonamides is 1. The molecule has 0 aromatic heterocycles. The molecule has 0 fully saturated rings. The summed E-state index contributed by atoms with van der Waals surface area (Å²) in [6.45, 7) is 5.52. The third kappa shape index (κ3) is 7.77. The average Bonchev–Trinajstić information content (AvgIpc) is 2.95. The van der Waals surface area contributed by atoms with Crippen molar-refractivity contribution in [3.8, 4) is 0 Å². The van der Waals surface area contributed by atoms with E-state index in [4.69, 9.17) is 23.2 Å². The summed E-state index contributed by atoms with van der Waals surface area (Å²) >= 11 is 12.5. The number of rotatable bonds is 13. The van der Waals surface area contributed by atoms with Gasteiger partial charge in [0.15, 0.2) is 0 Å². The lowest BCUT2D eigenvalue weighted by atomic mass is 10.1. The highest BCUT2D eigenvalue weighted by Crippen LogP contribution is 2.29. The van der Waals surface area contributed by atoms with Gasteiger partial charge in [0.2, 0.25) is 11.8 Å². The number of amides is 2. The van der Waals surface area contributed by atoms with E-state index in [0.29, 0.717) is 34.3 Å². The fourth-order valence-electron chi connectivity index (χ4n) is 4.24. The molecule has 0 radical (unpaired) electrons. The molecule has 1 N–H and O–H groups in total. The van der Waals surface area contributed by atoms with E-state index >= 15 is 0 Å². The molecule has 0 unspecified atom stereocenters. The van der Waals surface area contributed by atoms with E-state index in [9.17, 15) is 18.0 Å². The topological polar surface area (TPSA) is 86.8 Å². The van der Waals surface area contributed by atoms with Gasteiger partial charge in [-0.05, 0) is 61.2 Å². The summed E-state index contributed by atoms with van der Waals surface area (Å²) in [5.41, 5.74) is 1.76. The first kappa shape index (κ1) is 31.5. The molecule has 0 aliphatic rings. The summed E-state index contributed by atoms with van der Waals surface area (Å²) in [4.78, 5) is 28.5. The highest BCUT2D eigenvalue weighted by atomic mass is 35.5. The van der Waals surface area contributed by atoms with Crippen LogP contribution in [0.4, 0.5) is 5.69 Å². The third-order valence-electron chi connectivity index (χ3n) is 6.60. The molecule has 40 heavy (non-hydrogen) atoms. The van der Waals surface area contributed by atoms with Crippen molar-refractivity contribution >= 4 is 50.7 Å². The van der Waals surface area contributed by atoms with Crippen molar-refractivity contribution in [1.82, 2.24) is 10.2 Å². The van der Waals surface area contributed by atoms with Crippen LogP contribution in [0.5, 0.6) is 0 Å². The van der Waals surface area contributed by atoms with Crippen molar-refractivity contribution in [3.63, 3.8) is 0 Å². The van der Waals surface area contributed by atoms with Gasteiger partial charge in [0.05, 0.1) is 10.6 Å². The number of benzene rings is 3. The number of unbranched alkanes of at least 4 members (excludes halogenated alkanes) is 1. The van der Waals surface area contributed by atoms with Crippen LogP contribution in [0.3, 0.4) is 0 Å². The van der Waals surface area contributed by atoms with Gasteiger partial charge in [-0.15, -0.1) is 0 Å². The van der Waals surface area contributed by atoms with Crippen molar-refractivity contribution in [2.75, 3.05) is 17.4 Å². The molecule has 0 saturated heterocycles. The highest BCUT2D eigenvalue weighted by molar-refractivity contribution is 7.92. The van der Waals surface area contributed by atoms with Crippen molar-refractivity contribution in [2.45, 2.75) is 57.5 Å². The number of nitrogens with one attached hydrogen (secondary N) is 1. The molecule has 7 nitrogen and oxygen atoms in total. The lowest BCUT2D eigenvalue weighted by molar-refractivity contribution is -0.139. The first-order valence-corrected chi connectivity index (χ1v) is 15.5. The van der Waals surface area contributed by atoms with E-state index < -0.39 is 28.5 Å². The Morgan fingerprint density at radius 1 is 0.925 bits per heavy atom. The molecule has 3 aromatic rings. The lowest BCUT2D eigenvalue weighted by Crippen LogP contribution is -2.51. The van der Waals surface area contributed by atoms with Crippen LogP contribution in [-0.2, 0) is 32.6 Å². The Balaban J connectivity index is 2.05. The van der Waals surface area contributed by atoms with Crippen LogP contribution in [0.25, 0.3) is 0 Å². The first-order valence-electron chi connectivity index (χ1n) is 13.3. The second-order valence-corrected chi connectivity index (χ2v) is 12.1. The van der Waals surface area contributed by atoms with E-state index in [1.54, 1.807) is 55.5 Å². The number of hydrogen-bond acceptors (Lipinski definition) is 4. The van der Waals surface area contributed by atoms with Gasteiger partial charge >= 0.3 is 0 Å². The van der Waals surface area contributed by atoms with Crippen LogP contribution in [0.15, 0.2) is 77.7 Å². The van der Waals surface area contributed by atoms with Gasteiger partial charge in [-0.3, -0.25) is 13.9 Å². The number of carbonyl (C=O) groups excluding carboxylic acids is 2. The van der Waals surface area contributed by atoms with Gasteiger partial charge in [-0.1, -0.05) is 85.9 Å². The fourth-order valence-corrected chi connectivity index (χ4v) is 6.18. The Morgan fingerprint density at radius 3 is 2.25 bits per heavy atom. The highest BCUT2D eigenvalue weighted by Gasteiger charge is 2.33. The van der Waals surface area contributed by atoms with Gasteiger partial charge < -0.3 is 10.2 Å². The number of nitrogens with zero attached hydrogens (tertiary/aromatic N) is 2. The Labute approximate surface area is 247 Å². The van der Waals surface area contributed by atoms with Crippen LogP contribution in [0, 0.1) is 0 Å². The Hall–Kier alpha value is -3.07. The molecule has 214 valence electrons. The van der Waals surface area contributed by atoms with Crippen molar-refractivity contribution < 1.29 is 18.0 Å². The number of anilines is 1. The standard InChI is InChI=1S/C30H35Cl2N3O4S/c1-4-6-18-33-30(37)22(3)34(20-24-16-17-25(31)19-27(24)32)29(36)21-35(28-15-11-10-12-23(28)5-2)40(38,39)26-13-8-7-9-14-26/h7-17,19,22H,4-6,18,20-21H2,1-3H3,(H,33,37)/t22-/m1/s1. The second-order valence-electron chi connectivity index (χ2n) is 9.38. The molecule has 0 saturated carbocycles. The van der Waals surface area contributed by atoms with Crippen molar-refractivity contribution in [3.05, 3.63) is 94.0 Å². The Morgan fingerprint density at radius 2 is 1.60 bits per heavy atom. The van der Waals surface area contributed by atoms with Gasteiger partial charge in [0.25, 0.3) is 10.0 Å². The predicted octanol–water partition coefficient (Wildman–Crippen LogP) is 6.08. The Kier molecular flexibility index (Phi) is 11.4. The van der Waals surface area contributed by atoms with E-state index in [1.807, 2.05) is 26.0 Å². The van der Waals surface area contributed by atoms with Crippen LogP contribution >= 0.6 is 23.2 Å². The number of carbonyl (C=O) groups is 2. The minimum atomic E-state index is -4.12. The maximum Gasteiger partial charge on any atom is 0.264 e. The summed E-state index contributed by atoms with van der Waals surface area (Å²) < 4.78 is 29.0. The molecule has 0 aliphatic heterocycles. The molecule has 0 bridgehead atoms. The molecule has 10 heteroatoms. The maximum atomic E-state index is 14.0. The minimum Gasteiger partial charge on any atom is -0.354 e. The van der Waals surface area contributed by atoms with E-state index in [2.05, 4.69) is 5.32 Å². The number of halogens is 2. The molecule has 1 atom stereocenters. The molecule has 3 rings (SSSR count). The molecular formula is C30H35Cl2N3O4S. The molecule has 2 amide bonds. The summed E-state index contributed by atoms with van der Waals surface area (Å²) in [6, 6.07) is 19.1. The third-order valence-corrected chi connectivity index (χ3v) is 8.96. The smallest absolute Gasteiger partial charge is 0.264 e. The van der Waals surface area contributed by atoms with Gasteiger partial charge in [0.1, 0.15) is 12.6 Å². The van der Waals surface area contributed by atoms with Crippen LogP contribution in [0.2, 0.25) is 10.0 Å². The van der Waals surface area contributed by atoms with E-state index in [1.165, 1.54) is 17.0 Å². The number of hydrogen-bond donors (Lipinski definition) is 1. The van der Waals surface area contributed by atoms with Crippen LogP contribution < -0.4 is 9.62 Å². The van der Waals surface area contributed by atoms with E-state index in [-0.39, 0.29) is 17.3 Å². The lowest BCUT2D eigenvalue weighted by Gasteiger charge is -2.32. The van der Waals surface area contributed by atoms with Crippen molar-refractivity contribution in [1.29, 1.82) is 0 Å². The molecule has 3 aromatic carbocycles. The van der Waals surface area contributed by atoms with E-state index in [0.717, 1.165) is 22.7 Å². The molecule has 0 aliphatic carbocycles. The summed E-state index contributed by atoms with van der Waals surface area (Å²) in [6.07, 6.45) is 2.26. The van der Waals surface area contributed by atoms with Gasteiger partial charge in [-0.25, -0.2) is 8.42 Å². The normalized spacial score (nSPS) is 12.0. The summed E-state index contributed by atoms with van der Waals surface area (Å²) in [5.74, 6) is -0.882. The summed E-state index contributed by atoms with van der Waals surface area (Å²) in [5, 5.41) is 3.65. The summed E-state index contributed by atoms with van der Waals surface area (Å²) in [7, 11) is -4.12. The second kappa shape index (κ2) is 14.5. The largest absolute Gasteiger partial charge is 0.354 e. The Bertz CT molecular complexity index is 1420. The quantitative estimate of drug-likeness (QED) is 0.240. The fraction of sp³-hybridized carbons (Fsp3) is 0.333. The molecule has 0 spiro atoms.